The topological polar surface area (TPSA) is 59.8 Å². The summed E-state index contributed by atoms with van der Waals surface area (Å²) in [6.45, 7) is 6.41. The van der Waals surface area contributed by atoms with Gasteiger partial charge in [0.1, 0.15) is 0 Å². The van der Waals surface area contributed by atoms with E-state index in [2.05, 4.69) is 29.0 Å². The Morgan fingerprint density at radius 3 is 2.82 bits per heavy atom. The number of thioether (sulfide) groups is 1. The largest absolute Gasteiger partial charge is 0.325 e. The molecule has 0 fully saturated rings. The molecule has 1 aromatic heterocycles. The number of anilines is 1. The third-order valence-corrected chi connectivity index (χ3v) is 5.32. The number of aromatic nitrogens is 3. The fraction of sp³-hybridized carbons (Fsp3) is 0.190. The molecule has 0 atom stereocenters. The van der Waals surface area contributed by atoms with Gasteiger partial charge in [0.2, 0.25) is 5.91 Å². The van der Waals surface area contributed by atoms with Crippen LogP contribution in [-0.4, -0.2) is 26.4 Å². The van der Waals surface area contributed by atoms with Gasteiger partial charge in [0.05, 0.1) is 5.75 Å². The fourth-order valence-electron chi connectivity index (χ4n) is 2.80. The molecule has 1 amide bonds. The molecule has 3 aromatic rings. The molecule has 0 bridgehead atoms. The van der Waals surface area contributed by atoms with Crippen molar-refractivity contribution in [1.29, 1.82) is 0 Å². The Labute approximate surface area is 173 Å². The van der Waals surface area contributed by atoms with Crippen LogP contribution in [0.2, 0.25) is 5.02 Å². The number of amides is 1. The van der Waals surface area contributed by atoms with Gasteiger partial charge in [-0.1, -0.05) is 66.7 Å². The number of para-hydroxylation sites is 1. The molecule has 144 valence electrons. The van der Waals surface area contributed by atoms with Crippen LogP contribution in [0.25, 0.3) is 11.4 Å². The highest BCUT2D eigenvalue weighted by Crippen LogP contribution is 2.26. The Bertz CT molecular complexity index is 986. The van der Waals surface area contributed by atoms with Crippen LogP contribution in [0.15, 0.2) is 66.3 Å². The lowest BCUT2D eigenvalue weighted by Crippen LogP contribution is -2.15. The van der Waals surface area contributed by atoms with E-state index in [-0.39, 0.29) is 11.7 Å². The maximum Gasteiger partial charge on any atom is 0.234 e. The summed E-state index contributed by atoms with van der Waals surface area (Å²) in [5.74, 6) is 0.855. The van der Waals surface area contributed by atoms with Crippen LogP contribution in [0.5, 0.6) is 0 Å². The van der Waals surface area contributed by atoms with E-state index >= 15 is 0 Å². The van der Waals surface area contributed by atoms with Crippen molar-refractivity contribution in [2.24, 2.45) is 0 Å². The number of benzene rings is 2. The molecule has 2 aromatic carbocycles. The molecule has 0 saturated carbocycles. The molecular weight excluding hydrogens is 392 g/mol. The van der Waals surface area contributed by atoms with E-state index < -0.39 is 0 Å². The van der Waals surface area contributed by atoms with Crippen LogP contribution in [0.1, 0.15) is 12.5 Å². The standard InChI is InChI=1S/C21H21ClN4OS/c1-3-12-26-20(16-9-7-10-17(22)13-16)24-25-21(26)28-14-19(27)23-18-11-6-5-8-15(18)4-2/h3,5-11,13H,1,4,12,14H2,2H3,(H,23,27). The first-order valence-corrected chi connectivity index (χ1v) is 10.3. The summed E-state index contributed by atoms with van der Waals surface area (Å²) in [6.07, 6.45) is 2.64. The van der Waals surface area contributed by atoms with Crippen LogP contribution >= 0.6 is 23.4 Å². The van der Waals surface area contributed by atoms with Crippen LogP contribution < -0.4 is 5.32 Å². The number of nitrogens with zero attached hydrogens (tertiary/aromatic N) is 3. The van der Waals surface area contributed by atoms with Crippen molar-refractivity contribution in [3.63, 3.8) is 0 Å². The molecule has 0 aliphatic rings. The van der Waals surface area contributed by atoms with Gasteiger partial charge in [0.25, 0.3) is 0 Å². The minimum absolute atomic E-state index is 0.0802. The van der Waals surface area contributed by atoms with E-state index in [9.17, 15) is 4.79 Å². The number of hydrogen-bond donors (Lipinski definition) is 1. The van der Waals surface area contributed by atoms with Gasteiger partial charge in [0, 0.05) is 22.8 Å². The number of allylic oxidation sites excluding steroid dienone is 1. The Morgan fingerprint density at radius 2 is 2.07 bits per heavy atom. The molecule has 0 aliphatic carbocycles. The van der Waals surface area contributed by atoms with Crippen molar-refractivity contribution in [3.8, 4) is 11.4 Å². The minimum atomic E-state index is -0.0802. The Morgan fingerprint density at radius 1 is 1.25 bits per heavy atom. The Kier molecular flexibility index (Phi) is 6.90. The van der Waals surface area contributed by atoms with E-state index in [0.717, 1.165) is 23.2 Å². The minimum Gasteiger partial charge on any atom is -0.325 e. The second kappa shape index (κ2) is 9.57. The summed E-state index contributed by atoms with van der Waals surface area (Å²) in [5.41, 5.74) is 2.83. The van der Waals surface area contributed by atoms with Gasteiger partial charge in [0.15, 0.2) is 11.0 Å². The lowest BCUT2D eigenvalue weighted by atomic mass is 10.1. The zero-order chi connectivity index (χ0) is 19.9. The predicted octanol–water partition coefficient (Wildman–Crippen LogP) is 5.08. The van der Waals surface area contributed by atoms with Gasteiger partial charge in [-0.05, 0) is 30.2 Å². The Hall–Kier alpha value is -2.57. The molecular formula is C21H21ClN4OS. The lowest BCUT2D eigenvalue weighted by molar-refractivity contribution is -0.113. The summed E-state index contributed by atoms with van der Waals surface area (Å²) in [4.78, 5) is 12.4. The van der Waals surface area contributed by atoms with Gasteiger partial charge >= 0.3 is 0 Å². The van der Waals surface area contributed by atoms with Gasteiger partial charge in [-0.3, -0.25) is 9.36 Å². The van der Waals surface area contributed by atoms with Crippen LogP contribution in [0.3, 0.4) is 0 Å². The SMILES string of the molecule is C=CCn1c(SCC(=O)Nc2ccccc2CC)nnc1-c1cccc(Cl)c1. The molecule has 3 rings (SSSR count). The van der Waals surface area contributed by atoms with Crippen molar-refractivity contribution < 1.29 is 4.79 Å². The summed E-state index contributed by atoms with van der Waals surface area (Å²) >= 11 is 7.44. The smallest absolute Gasteiger partial charge is 0.234 e. The zero-order valence-corrected chi connectivity index (χ0v) is 17.1. The third kappa shape index (κ3) is 4.82. The quantitative estimate of drug-likeness (QED) is 0.414. The zero-order valence-electron chi connectivity index (χ0n) is 15.6. The first-order valence-electron chi connectivity index (χ1n) is 8.93. The molecule has 0 unspecified atom stereocenters. The molecule has 1 N–H and O–H groups in total. The fourth-order valence-corrected chi connectivity index (χ4v) is 3.74. The van der Waals surface area contributed by atoms with E-state index in [1.807, 2.05) is 53.1 Å². The molecule has 0 aliphatic heterocycles. The number of nitrogens with one attached hydrogen (secondary N) is 1. The third-order valence-electron chi connectivity index (χ3n) is 4.12. The highest BCUT2D eigenvalue weighted by molar-refractivity contribution is 7.99. The Balaban J connectivity index is 1.73. The number of halogens is 1. The molecule has 0 saturated heterocycles. The summed E-state index contributed by atoms with van der Waals surface area (Å²) < 4.78 is 1.93. The van der Waals surface area contributed by atoms with E-state index in [0.29, 0.717) is 22.5 Å². The van der Waals surface area contributed by atoms with Crippen molar-refractivity contribution in [1.82, 2.24) is 14.8 Å². The van der Waals surface area contributed by atoms with Gasteiger partial charge < -0.3 is 5.32 Å². The first-order chi connectivity index (χ1) is 13.6. The van der Waals surface area contributed by atoms with Crippen molar-refractivity contribution in [2.45, 2.75) is 25.0 Å². The molecule has 1 heterocycles. The molecule has 7 heteroatoms. The summed E-state index contributed by atoms with van der Waals surface area (Å²) in [5, 5.41) is 12.8. The number of carbonyl (C=O) groups is 1. The number of aryl methyl sites for hydroxylation is 1. The molecule has 28 heavy (non-hydrogen) atoms. The molecule has 0 radical (unpaired) electrons. The predicted molar refractivity (Wildman–Crippen MR) is 116 cm³/mol. The second-order valence-corrected chi connectivity index (χ2v) is 7.44. The van der Waals surface area contributed by atoms with Crippen molar-refractivity contribution in [2.75, 3.05) is 11.1 Å². The monoisotopic (exact) mass is 412 g/mol. The van der Waals surface area contributed by atoms with Gasteiger partial charge in [-0.25, -0.2) is 0 Å². The first kappa shape index (κ1) is 20.2. The summed E-state index contributed by atoms with van der Waals surface area (Å²) in [7, 11) is 0. The highest BCUT2D eigenvalue weighted by atomic mass is 35.5. The van der Waals surface area contributed by atoms with E-state index in [1.54, 1.807) is 6.08 Å². The molecule has 0 spiro atoms. The van der Waals surface area contributed by atoms with Crippen molar-refractivity contribution in [3.05, 3.63) is 71.8 Å². The molecule has 5 nitrogen and oxygen atoms in total. The summed E-state index contributed by atoms with van der Waals surface area (Å²) in [6, 6.07) is 15.3. The van der Waals surface area contributed by atoms with E-state index in [4.69, 9.17) is 11.6 Å². The average molecular weight is 413 g/mol. The van der Waals surface area contributed by atoms with Crippen LogP contribution in [0, 0.1) is 0 Å². The normalized spacial score (nSPS) is 10.6. The van der Waals surface area contributed by atoms with E-state index in [1.165, 1.54) is 11.8 Å². The highest BCUT2D eigenvalue weighted by Gasteiger charge is 2.15. The second-order valence-electron chi connectivity index (χ2n) is 6.06. The number of rotatable bonds is 8. The lowest BCUT2D eigenvalue weighted by Gasteiger charge is -2.10. The number of hydrogen-bond acceptors (Lipinski definition) is 4. The van der Waals surface area contributed by atoms with Crippen LogP contribution in [0.4, 0.5) is 5.69 Å². The average Bonchev–Trinajstić information content (AvgIpc) is 3.10. The maximum atomic E-state index is 12.4. The maximum absolute atomic E-state index is 12.4. The van der Waals surface area contributed by atoms with Crippen LogP contribution in [-0.2, 0) is 17.8 Å². The van der Waals surface area contributed by atoms with Gasteiger partial charge in [-0.15, -0.1) is 16.8 Å². The van der Waals surface area contributed by atoms with Crippen molar-refractivity contribution >= 4 is 35.0 Å². The van der Waals surface area contributed by atoms with Gasteiger partial charge in [-0.2, -0.15) is 0 Å². The number of carbonyl (C=O) groups excluding carboxylic acids is 1.